The second-order valence-corrected chi connectivity index (χ2v) is 3.60. The molecular formula is C9H11ClN2O2. The first kappa shape index (κ1) is 10.8. The molecule has 14 heavy (non-hydrogen) atoms. The van der Waals surface area contributed by atoms with Gasteiger partial charge in [0.25, 0.3) is 0 Å². The Kier molecular flexibility index (Phi) is 3.30. The average molecular weight is 215 g/mol. The first-order chi connectivity index (χ1) is 6.52. The normalized spacial score (nSPS) is 10.3. The van der Waals surface area contributed by atoms with Crippen molar-refractivity contribution in [2.24, 2.45) is 0 Å². The molecule has 0 saturated carbocycles. The van der Waals surface area contributed by atoms with Crippen molar-refractivity contribution in [3.63, 3.8) is 0 Å². The molecule has 1 aromatic carbocycles. The number of benzene rings is 1. The summed E-state index contributed by atoms with van der Waals surface area (Å²) in [6, 6.07) is 4.96. The van der Waals surface area contributed by atoms with Gasteiger partial charge in [-0.05, 0) is 26.0 Å². The van der Waals surface area contributed by atoms with Crippen LogP contribution in [-0.2, 0) is 0 Å². The lowest BCUT2D eigenvalue weighted by Crippen LogP contribution is -2.11. The third kappa shape index (κ3) is 2.35. The van der Waals surface area contributed by atoms with E-state index in [4.69, 9.17) is 11.6 Å². The number of nitro groups is 1. The Hall–Kier alpha value is -1.29. The lowest BCUT2D eigenvalue weighted by Gasteiger charge is -2.10. The maximum Gasteiger partial charge on any atom is 0.310 e. The highest BCUT2D eigenvalue weighted by Gasteiger charge is 2.18. The molecule has 0 radical (unpaired) electrons. The highest BCUT2D eigenvalue weighted by molar-refractivity contribution is 6.33. The minimum atomic E-state index is -0.479. The van der Waals surface area contributed by atoms with Crippen LogP contribution in [0.1, 0.15) is 13.8 Å². The number of nitrogens with one attached hydrogen (secondary N) is 1. The Morgan fingerprint density at radius 3 is 2.64 bits per heavy atom. The standard InChI is InChI=1S/C9H11ClN2O2/c1-6(2)11-8-5-3-4-7(10)9(8)12(13)14/h3-6,11H,1-2H3. The van der Waals surface area contributed by atoms with Gasteiger partial charge in [0.05, 0.1) is 4.92 Å². The molecule has 0 aliphatic heterocycles. The smallest absolute Gasteiger partial charge is 0.310 e. The summed E-state index contributed by atoms with van der Waals surface area (Å²) in [5, 5.41) is 13.8. The van der Waals surface area contributed by atoms with Crippen LogP contribution in [0, 0.1) is 10.1 Å². The molecule has 76 valence electrons. The molecule has 0 saturated heterocycles. The minimum Gasteiger partial charge on any atom is -0.377 e. The molecule has 1 aromatic rings. The van der Waals surface area contributed by atoms with Crippen LogP contribution in [0.5, 0.6) is 0 Å². The number of hydrogen-bond donors (Lipinski definition) is 1. The van der Waals surface area contributed by atoms with E-state index in [0.29, 0.717) is 5.69 Å². The van der Waals surface area contributed by atoms with Crippen LogP contribution in [0.4, 0.5) is 11.4 Å². The van der Waals surface area contributed by atoms with Crippen molar-refractivity contribution in [1.29, 1.82) is 0 Å². The molecule has 1 N–H and O–H groups in total. The molecule has 0 aliphatic rings. The SMILES string of the molecule is CC(C)Nc1cccc(Cl)c1[N+](=O)[O-]. The third-order valence-corrected chi connectivity index (χ3v) is 1.92. The van der Waals surface area contributed by atoms with E-state index in [1.54, 1.807) is 12.1 Å². The van der Waals surface area contributed by atoms with Crippen molar-refractivity contribution in [2.75, 3.05) is 5.32 Å². The lowest BCUT2D eigenvalue weighted by atomic mass is 10.2. The summed E-state index contributed by atoms with van der Waals surface area (Å²) in [5.74, 6) is 0. The Morgan fingerprint density at radius 2 is 2.14 bits per heavy atom. The molecule has 0 spiro atoms. The molecule has 0 fully saturated rings. The maximum absolute atomic E-state index is 10.7. The van der Waals surface area contributed by atoms with Crippen molar-refractivity contribution in [3.8, 4) is 0 Å². The fourth-order valence-electron chi connectivity index (χ4n) is 1.13. The van der Waals surface area contributed by atoms with Crippen molar-refractivity contribution in [2.45, 2.75) is 19.9 Å². The number of rotatable bonds is 3. The Morgan fingerprint density at radius 1 is 1.50 bits per heavy atom. The van der Waals surface area contributed by atoms with Crippen LogP contribution >= 0.6 is 11.6 Å². The van der Waals surface area contributed by atoms with Gasteiger partial charge in [0.1, 0.15) is 10.7 Å². The fraction of sp³-hybridized carbons (Fsp3) is 0.333. The Labute approximate surface area is 87.0 Å². The second-order valence-electron chi connectivity index (χ2n) is 3.19. The summed E-state index contributed by atoms with van der Waals surface area (Å²) >= 11 is 5.73. The molecule has 0 amide bonds. The number of nitro benzene ring substituents is 1. The Bertz CT molecular complexity index is 353. The molecule has 4 nitrogen and oxygen atoms in total. The number of nitrogens with zero attached hydrogens (tertiary/aromatic N) is 1. The molecule has 0 aliphatic carbocycles. The first-order valence-electron chi connectivity index (χ1n) is 4.22. The second kappa shape index (κ2) is 4.28. The largest absolute Gasteiger partial charge is 0.377 e. The van der Waals surface area contributed by atoms with Crippen molar-refractivity contribution < 1.29 is 4.92 Å². The van der Waals surface area contributed by atoms with Gasteiger partial charge in [-0.25, -0.2) is 0 Å². The molecule has 0 heterocycles. The summed E-state index contributed by atoms with van der Waals surface area (Å²) in [4.78, 5) is 10.2. The number of hydrogen-bond acceptors (Lipinski definition) is 3. The molecule has 5 heteroatoms. The van der Waals surface area contributed by atoms with Crippen molar-refractivity contribution in [3.05, 3.63) is 33.3 Å². The number of anilines is 1. The zero-order valence-electron chi connectivity index (χ0n) is 7.95. The van der Waals surface area contributed by atoms with E-state index in [1.807, 2.05) is 13.8 Å². The van der Waals surface area contributed by atoms with Crippen LogP contribution in [0.15, 0.2) is 18.2 Å². The molecular weight excluding hydrogens is 204 g/mol. The van der Waals surface area contributed by atoms with Gasteiger partial charge in [0.15, 0.2) is 0 Å². The summed E-state index contributed by atoms with van der Waals surface area (Å²) in [6.45, 7) is 3.81. The highest BCUT2D eigenvalue weighted by Crippen LogP contribution is 2.32. The van der Waals surface area contributed by atoms with E-state index in [2.05, 4.69) is 5.32 Å². The van der Waals surface area contributed by atoms with Crippen molar-refractivity contribution in [1.82, 2.24) is 0 Å². The molecule has 0 bridgehead atoms. The summed E-state index contributed by atoms with van der Waals surface area (Å²) in [6.07, 6.45) is 0. The van der Waals surface area contributed by atoms with Gasteiger partial charge >= 0.3 is 5.69 Å². The average Bonchev–Trinajstić information content (AvgIpc) is 2.01. The van der Waals surface area contributed by atoms with E-state index in [-0.39, 0.29) is 16.8 Å². The maximum atomic E-state index is 10.7. The quantitative estimate of drug-likeness (QED) is 0.622. The number of halogens is 1. The van der Waals surface area contributed by atoms with Crippen LogP contribution in [0.3, 0.4) is 0 Å². The molecule has 0 unspecified atom stereocenters. The minimum absolute atomic E-state index is 0.0668. The lowest BCUT2D eigenvalue weighted by molar-refractivity contribution is -0.383. The van der Waals surface area contributed by atoms with E-state index in [1.165, 1.54) is 6.07 Å². The van der Waals surface area contributed by atoms with Gasteiger partial charge in [-0.1, -0.05) is 17.7 Å². The van der Waals surface area contributed by atoms with Gasteiger partial charge in [-0.3, -0.25) is 10.1 Å². The summed E-state index contributed by atoms with van der Waals surface area (Å²) in [7, 11) is 0. The van der Waals surface area contributed by atoms with Crippen LogP contribution in [-0.4, -0.2) is 11.0 Å². The molecule has 1 rings (SSSR count). The highest BCUT2D eigenvalue weighted by atomic mass is 35.5. The van der Waals surface area contributed by atoms with Gasteiger partial charge in [0, 0.05) is 6.04 Å². The first-order valence-corrected chi connectivity index (χ1v) is 4.59. The molecule has 0 atom stereocenters. The van der Waals surface area contributed by atoms with Gasteiger partial charge < -0.3 is 5.32 Å². The van der Waals surface area contributed by atoms with Gasteiger partial charge in [-0.2, -0.15) is 0 Å². The van der Waals surface area contributed by atoms with E-state index in [0.717, 1.165) is 0 Å². The third-order valence-electron chi connectivity index (χ3n) is 1.61. The van der Waals surface area contributed by atoms with Crippen LogP contribution < -0.4 is 5.32 Å². The predicted octanol–water partition coefficient (Wildman–Crippen LogP) is 3.07. The predicted molar refractivity (Wildman–Crippen MR) is 56.9 cm³/mol. The zero-order chi connectivity index (χ0) is 10.7. The van der Waals surface area contributed by atoms with Crippen molar-refractivity contribution >= 4 is 23.0 Å². The topological polar surface area (TPSA) is 55.2 Å². The summed E-state index contributed by atoms with van der Waals surface area (Å²) < 4.78 is 0. The monoisotopic (exact) mass is 214 g/mol. The van der Waals surface area contributed by atoms with E-state index < -0.39 is 4.92 Å². The van der Waals surface area contributed by atoms with E-state index >= 15 is 0 Å². The van der Waals surface area contributed by atoms with Crippen LogP contribution in [0.25, 0.3) is 0 Å². The van der Waals surface area contributed by atoms with Gasteiger partial charge in [-0.15, -0.1) is 0 Å². The van der Waals surface area contributed by atoms with Gasteiger partial charge in [0.2, 0.25) is 0 Å². The van der Waals surface area contributed by atoms with E-state index in [9.17, 15) is 10.1 Å². The fourth-order valence-corrected chi connectivity index (χ4v) is 1.37. The van der Waals surface area contributed by atoms with Crippen LogP contribution in [0.2, 0.25) is 5.02 Å². The zero-order valence-corrected chi connectivity index (χ0v) is 8.71. The number of para-hydroxylation sites is 1. The molecule has 0 aromatic heterocycles. The summed E-state index contributed by atoms with van der Waals surface area (Å²) in [5.41, 5.74) is 0.389. The Balaban J connectivity index is 3.14.